The van der Waals surface area contributed by atoms with E-state index in [0.717, 1.165) is 43.1 Å². The van der Waals surface area contributed by atoms with Crippen LogP contribution < -0.4 is 10.1 Å². The number of aromatic nitrogens is 2. The third-order valence-corrected chi connectivity index (χ3v) is 4.07. The first kappa shape index (κ1) is 16.2. The highest BCUT2D eigenvalue weighted by Crippen LogP contribution is 2.26. The molecule has 1 aromatic heterocycles. The molecular weight excluding hydrogens is 304 g/mol. The molecule has 3 rings (SSSR count). The van der Waals surface area contributed by atoms with Gasteiger partial charge in [-0.1, -0.05) is 6.07 Å². The minimum atomic E-state index is 0.266. The Kier molecular flexibility index (Phi) is 5.24. The van der Waals surface area contributed by atoms with Crippen molar-refractivity contribution in [1.82, 2.24) is 9.97 Å². The lowest BCUT2D eigenvalue weighted by Crippen LogP contribution is -2.21. The molecule has 1 aliphatic rings. The zero-order chi connectivity index (χ0) is 16.8. The Hall–Kier alpha value is -2.65. The first-order valence-corrected chi connectivity index (χ1v) is 8.05. The summed E-state index contributed by atoms with van der Waals surface area (Å²) >= 11 is 0. The summed E-state index contributed by atoms with van der Waals surface area (Å²) in [4.78, 5) is 8.17. The maximum atomic E-state index is 9.10. The molecule has 1 saturated heterocycles. The van der Waals surface area contributed by atoms with Crippen LogP contribution in [0.15, 0.2) is 30.6 Å². The summed E-state index contributed by atoms with van der Waals surface area (Å²) in [5.41, 5.74) is 2.16. The smallest absolute Gasteiger partial charge is 0.183 e. The fourth-order valence-electron chi connectivity index (χ4n) is 2.60. The second-order valence-corrected chi connectivity index (χ2v) is 5.84. The van der Waals surface area contributed by atoms with E-state index in [4.69, 9.17) is 14.7 Å². The fourth-order valence-corrected chi connectivity index (χ4v) is 2.60. The van der Waals surface area contributed by atoms with E-state index in [0.29, 0.717) is 18.3 Å². The molecule has 1 N–H and O–H groups in total. The monoisotopic (exact) mass is 324 g/mol. The van der Waals surface area contributed by atoms with E-state index in [1.807, 2.05) is 31.2 Å². The van der Waals surface area contributed by atoms with Crippen LogP contribution in [0.25, 0.3) is 0 Å². The Morgan fingerprint density at radius 2 is 2.08 bits per heavy atom. The van der Waals surface area contributed by atoms with E-state index < -0.39 is 0 Å². The number of hydrogen-bond acceptors (Lipinski definition) is 6. The molecule has 24 heavy (non-hydrogen) atoms. The number of nitrogens with zero attached hydrogens (tertiary/aromatic N) is 3. The molecule has 2 aromatic rings. The van der Waals surface area contributed by atoms with Crippen LogP contribution in [0.3, 0.4) is 0 Å². The minimum absolute atomic E-state index is 0.266. The normalized spacial score (nSPS) is 14.8. The van der Waals surface area contributed by atoms with Gasteiger partial charge in [-0.05, 0) is 37.3 Å². The number of nitrogens with one attached hydrogen (secondary N) is 1. The Bertz CT molecular complexity index is 736. The molecule has 6 heteroatoms. The Balaban J connectivity index is 1.70. The van der Waals surface area contributed by atoms with Crippen molar-refractivity contribution in [2.75, 3.05) is 25.1 Å². The van der Waals surface area contributed by atoms with Crippen LogP contribution in [-0.4, -0.2) is 29.8 Å². The van der Waals surface area contributed by atoms with Gasteiger partial charge in [0.05, 0.1) is 6.61 Å². The minimum Gasteiger partial charge on any atom is -0.493 e. The van der Waals surface area contributed by atoms with Crippen LogP contribution in [0, 0.1) is 24.2 Å². The lowest BCUT2D eigenvalue weighted by Gasteiger charge is -2.22. The largest absolute Gasteiger partial charge is 0.493 e. The molecule has 0 amide bonds. The van der Waals surface area contributed by atoms with E-state index in [1.54, 1.807) is 6.20 Å². The van der Waals surface area contributed by atoms with Crippen molar-refractivity contribution in [3.05, 3.63) is 41.9 Å². The van der Waals surface area contributed by atoms with Crippen LogP contribution >= 0.6 is 0 Å². The molecule has 6 nitrogen and oxygen atoms in total. The van der Waals surface area contributed by atoms with Gasteiger partial charge in [0, 0.05) is 37.4 Å². The first-order chi connectivity index (χ1) is 11.8. The van der Waals surface area contributed by atoms with Crippen LogP contribution in [0.4, 0.5) is 11.5 Å². The molecule has 1 aliphatic heterocycles. The molecule has 124 valence electrons. The summed E-state index contributed by atoms with van der Waals surface area (Å²) < 4.78 is 11.4. The second-order valence-electron chi connectivity index (χ2n) is 5.84. The van der Waals surface area contributed by atoms with Crippen LogP contribution in [0.5, 0.6) is 5.75 Å². The summed E-state index contributed by atoms with van der Waals surface area (Å²) in [6.07, 6.45) is 5.14. The van der Waals surface area contributed by atoms with Gasteiger partial charge in [-0.3, -0.25) is 0 Å². The molecule has 0 unspecified atom stereocenters. The van der Waals surface area contributed by atoms with Crippen molar-refractivity contribution in [3.63, 3.8) is 0 Å². The van der Waals surface area contributed by atoms with Gasteiger partial charge in [0.15, 0.2) is 11.5 Å². The van der Waals surface area contributed by atoms with Crippen molar-refractivity contribution < 1.29 is 9.47 Å². The van der Waals surface area contributed by atoms with Crippen molar-refractivity contribution >= 4 is 11.5 Å². The number of hydrogen-bond donors (Lipinski definition) is 1. The first-order valence-electron chi connectivity index (χ1n) is 8.05. The van der Waals surface area contributed by atoms with Gasteiger partial charge < -0.3 is 14.8 Å². The number of ether oxygens (including phenoxy) is 2. The molecule has 0 saturated carbocycles. The zero-order valence-corrected chi connectivity index (χ0v) is 13.7. The standard InChI is InChI=1S/C18H20N4O2/c1-13-2-3-15(22-18-16(11-19)20-6-7-21-18)10-17(13)24-12-14-4-8-23-9-5-14/h2-3,6-7,10,14H,4-5,8-9,12H2,1H3,(H,21,22). The Morgan fingerprint density at radius 3 is 2.88 bits per heavy atom. The van der Waals surface area contributed by atoms with Crippen LogP contribution in [-0.2, 0) is 4.74 Å². The third kappa shape index (κ3) is 4.00. The van der Waals surface area contributed by atoms with Gasteiger partial charge >= 0.3 is 0 Å². The van der Waals surface area contributed by atoms with Gasteiger partial charge in [0.25, 0.3) is 0 Å². The number of anilines is 2. The van der Waals surface area contributed by atoms with Crippen molar-refractivity contribution in [3.8, 4) is 11.8 Å². The van der Waals surface area contributed by atoms with Crippen molar-refractivity contribution in [2.24, 2.45) is 5.92 Å². The van der Waals surface area contributed by atoms with Gasteiger partial charge in [-0.25, -0.2) is 9.97 Å². The molecule has 1 fully saturated rings. The molecule has 0 atom stereocenters. The summed E-state index contributed by atoms with van der Waals surface area (Å²) in [5, 5.41) is 12.2. The lowest BCUT2D eigenvalue weighted by molar-refractivity contribution is 0.0496. The summed E-state index contributed by atoms with van der Waals surface area (Å²) in [7, 11) is 0. The number of nitriles is 1. The molecule has 1 aromatic carbocycles. The summed E-state index contributed by atoms with van der Waals surface area (Å²) in [5.74, 6) is 1.83. The molecular formula is C18H20N4O2. The lowest BCUT2D eigenvalue weighted by atomic mass is 10.0. The van der Waals surface area contributed by atoms with Crippen molar-refractivity contribution in [2.45, 2.75) is 19.8 Å². The molecule has 2 heterocycles. The van der Waals surface area contributed by atoms with E-state index in [-0.39, 0.29) is 5.69 Å². The highest BCUT2D eigenvalue weighted by Gasteiger charge is 2.15. The number of aryl methyl sites for hydroxylation is 1. The average molecular weight is 324 g/mol. The van der Waals surface area contributed by atoms with Gasteiger partial charge in [0.1, 0.15) is 11.8 Å². The third-order valence-electron chi connectivity index (χ3n) is 4.07. The molecule has 0 radical (unpaired) electrons. The van der Waals surface area contributed by atoms with E-state index in [9.17, 15) is 0 Å². The fraction of sp³-hybridized carbons (Fsp3) is 0.389. The molecule has 0 aliphatic carbocycles. The van der Waals surface area contributed by atoms with Gasteiger partial charge in [-0.15, -0.1) is 0 Å². The maximum absolute atomic E-state index is 9.10. The second kappa shape index (κ2) is 7.75. The van der Waals surface area contributed by atoms with Crippen molar-refractivity contribution in [1.29, 1.82) is 5.26 Å². The van der Waals surface area contributed by atoms with Gasteiger partial charge in [-0.2, -0.15) is 5.26 Å². The topological polar surface area (TPSA) is 80.1 Å². The quantitative estimate of drug-likeness (QED) is 0.909. The Morgan fingerprint density at radius 1 is 1.29 bits per heavy atom. The van der Waals surface area contributed by atoms with Crippen LogP contribution in [0.1, 0.15) is 24.1 Å². The average Bonchev–Trinajstić information content (AvgIpc) is 2.63. The molecule has 0 spiro atoms. The van der Waals surface area contributed by atoms with Crippen LogP contribution in [0.2, 0.25) is 0 Å². The molecule has 0 bridgehead atoms. The number of benzene rings is 1. The summed E-state index contributed by atoms with van der Waals surface area (Å²) in [6.45, 7) is 4.35. The highest BCUT2D eigenvalue weighted by atomic mass is 16.5. The van der Waals surface area contributed by atoms with E-state index in [2.05, 4.69) is 15.3 Å². The number of rotatable bonds is 5. The Labute approximate surface area is 141 Å². The highest BCUT2D eigenvalue weighted by molar-refractivity contribution is 5.62. The van der Waals surface area contributed by atoms with Gasteiger partial charge in [0.2, 0.25) is 0 Å². The summed E-state index contributed by atoms with van der Waals surface area (Å²) in [6, 6.07) is 7.89. The SMILES string of the molecule is Cc1ccc(Nc2nccnc2C#N)cc1OCC1CCOCC1. The maximum Gasteiger partial charge on any atom is 0.183 e. The zero-order valence-electron chi connectivity index (χ0n) is 13.7. The predicted molar refractivity (Wildman–Crippen MR) is 90.2 cm³/mol. The van der Waals surface area contributed by atoms with E-state index in [1.165, 1.54) is 6.20 Å². The van der Waals surface area contributed by atoms with E-state index >= 15 is 0 Å². The predicted octanol–water partition coefficient (Wildman–Crippen LogP) is 3.21.